The van der Waals surface area contributed by atoms with E-state index in [1.165, 1.54) is 20.3 Å². The summed E-state index contributed by atoms with van der Waals surface area (Å²) in [7, 11) is 2.87. The van der Waals surface area contributed by atoms with Crippen molar-refractivity contribution in [1.82, 2.24) is 9.97 Å². The Labute approximate surface area is 154 Å². The Morgan fingerprint density at radius 1 is 0.963 bits per heavy atom. The Bertz CT molecular complexity index is 931. The highest BCUT2D eigenvalue weighted by Gasteiger charge is 2.35. The van der Waals surface area contributed by atoms with E-state index in [-0.39, 0.29) is 11.3 Å². The monoisotopic (exact) mass is 377 g/mol. The van der Waals surface area contributed by atoms with Gasteiger partial charge in [0.1, 0.15) is 5.82 Å². The zero-order chi connectivity index (χ0) is 19.4. The summed E-state index contributed by atoms with van der Waals surface area (Å²) in [6.45, 7) is 0.418. The standard InChI is InChI=1S/C19H18F3N3O2/c1-26-15-10-13-14(11-16(15)27-2)24-18(19(20,21)22)25-17(13)23-9-8-12-6-4-3-5-7-12/h3-7,10-11H,8-9H2,1-2H3,(H,23,24,25). The van der Waals surface area contributed by atoms with Crippen LogP contribution in [0.3, 0.4) is 0 Å². The molecule has 0 saturated heterocycles. The second kappa shape index (κ2) is 7.69. The van der Waals surface area contributed by atoms with Gasteiger partial charge in [0.05, 0.1) is 19.7 Å². The highest BCUT2D eigenvalue weighted by Crippen LogP contribution is 2.36. The average Bonchev–Trinajstić information content (AvgIpc) is 2.66. The van der Waals surface area contributed by atoms with Crippen LogP contribution >= 0.6 is 0 Å². The van der Waals surface area contributed by atoms with E-state index in [1.54, 1.807) is 6.07 Å². The summed E-state index contributed by atoms with van der Waals surface area (Å²) < 4.78 is 50.0. The van der Waals surface area contributed by atoms with Crippen LogP contribution in [0, 0.1) is 0 Å². The van der Waals surface area contributed by atoms with Gasteiger partial charge in [-0.15, -0.1) is 0 Å². The molecular formula is C19H18F3N3O2. The quantitative estimate of drug-likeness (QED) is 0.693. The number of rotatable bonds is 6. The van der Waals surface area contributed by atoms with Crippen LogP contribution in [0.15, 0.2) is 42.5 Å². The Balaban J connectivity index is 1.99. The number of ether oxygens (including phenoxy) is 2. The van der Waals surface area contributed by atoms with E-state index in [0.29, 0.717) is 29.9 Å². The number of benzene rings is 2. The van der Waals surface area contributed by atoms with Crippen molar-refractivity contribution < 1.29 is 22.6 Å². The van der Waals surface area contributed by atoms with Crippen molar-refractivity contribution >= 4 is 16.7 Å². The molecule has 0 spiro atoms. The smallest absolute Gasteiger partial charge is 0.451 e. The molecule has 0 radical (unpaired) electrons. The maximum atomic E-state index is 13.2. The summed E-state index contributed by atoms with van der Waals surface area (Å²) in [6.07, 6.45) is -4.02. The first-order chi connectivity index (χ1) is 12.9. The molecule has 0 aliphatic rings. The fraction of sp³-hybridized carbons (Fsp3) is 0.263. The molecule has 0 aliphatic carbocycles. The van der Waals surface area contributed by atoms with Gasteiger partial charge < -0.3 is 14.8 Å². The molecule has 1 N–H and O–H groups in total. The Morgan fingerprint density at radius 3 is 2.26 bits per heavy atom. The third-order valence-electron chi connectivity index (χ3n) is 4.00. The van der Waals surface area contributed by atoms with E-state index >= 15 is 0 Å². The topological polar surface area (TPSA) is 56.3 Å². The lowest BCUT2D eigenvalue weighted by molar-refractivity contribution is -0.144. The average molecular weight is 377 g/mol. The largest absolute Gasteiger partial charge is 0.493 e. The summed E-state index contributed by atoms with van der Waals surface area (Å²) in [6, 6.07) is 12.6. The van der Waals surface area contributed by atoms with Gasteiger partial charge in [-0.3, -0.25) is 0 Å². The van der Waals surface area contributed by atoms with Crippen molar-refractivity contribution in [2.24, 2.45) is 0 Å². The Kier molecular flexibility index (Phi) is 5.34. The molecule has 1 aromatic heterocycles. The molecule has 0 saturated carbocycles. The number of methoxy groups -OCH3 is 2. The van der Waals surface area contributed by atoms with Crippen molar-refractivity contribution in [3.8, 4) is 11.5 Å². The zero-order valence-corrected chi connectivity index (χ0v) is 14.8. The lowest BCUT2D eigenvalue weighted by atomic mass is 10.1. The summed E-state index contributed by atoms with van der Waals surface area (Å²) in [5, 5.41) is 3.41. The van der Waals surface area contributed by atoms with Gasteiger partial charge in [0.25, 0.3) is 0 Å². The molecule has 0 unspecified atom stereocenters. The van der Waals surface area contributed by atoms with Crippen LogP contribution in [0.4, 0.5) is 19.0 Å². The third-order valence-corrected chi connectivity index (χ3v) is 4.00. The second-order valence-corrected chi connectivity index (χ2v) is 5.78. The lowest BCUT2D eigenvalue weighted by Gasteiger charge is -2.15. The Morgan fingerprint density at radius 2 is 1.63 bits per heavy atom. The summed E-state index contributed by atoms with van der Waals surface area (Å²) in [5.41, 5.74) is 1.19. The summed E-state index contributed by atoms with van der Waals surface area (Å²) >= 11 is 0. The lowest BCUT2D eigenvalue weighted by Crippen LogP contribution is -2.15. The van der Waals surface area contributed by atoms with Gasteiger partial charge >= 0.3 is 6.18 Å². The minimum Gasteiger partial charge on any atom is -0.493 e. The van der Waals surface area contributed by atoms with E-state index in [9.17, 15) is 13.2 Å². The van der Waals surface area contributed by atoms with Gasteiger partial charge in [0, 0.05) is 18.0 Å². The molecule has 3 aromatic rings. The van der Waals surface area contributed by atoms with E-state index < -0.39 is 12.0 Å². The normalized spacial score (nSPS) is 11.4. The van der Waals surface area contributed by atoms with E-state index in [4.69, 9.17) is 9.47 Å². The predicted molar refractivity (Wildman–Crippen MR) is 96.3 cm³/mol. The molecule has 0 fully saturated rings. The molecule has 2 aromatic carbocycles. The highest BCUT2D eigenvalue weighted by molar-refractivity contribution is 5.91. The Hall–Kier alpha value is -3.03. The fourth-order valence-corrected chi connectivity index (χ4v) is 2.69. The molecule has 3 rings (SSSR count). The molecule has 142 valence electrons. The number of hydrogen-bond donors (Lipinski definition) is 1. The molecule has 0 amide bonds. The SMILES string of the molecule is COc1cc2nc(C(F)(F)F)nc(NCCc3ccccc3)c2cc1OC. The predicted octanol–water partition coefficient (Wildman–Crippen LogP) is 4.32. The van der Waals surface area contributed by atoms with Crippen molar-refractivity contribution in [2.75, 3.05) is 26.1 Å². The summed E-state index contributed by atoms with van der Waals surface area (Å²) in [5.74, 6) is -0.417. The molecule has 5 nitrogen and oxygen atoms in total. The fourth-order valence-electron chi connectivity index (χ4n) is 2.69. The third kappa shape index (κ3) is 4.21. The van der Waals surface area contributed by atoms with Crippen LogP contribution in [0.2, 0.25) is 0 Å². The van der Waals surface area contributed by atoms with Gasteiger partial charge in [-0.2, -0.15) is 13.2 Å². The molecule has 1 heterocycles. The number of hydrogen-bond acceptors (Lipinski definition) is 5. The molecule has 27 heavy (non-hydrogen) atoms. The van der Waals surface area contributed by atoms with Crippen LogP contribution in [-0.4, -0.2) is 30.7 Å². The minimum atomic E-state index is -4.66. The van der Waals surface area contributed by atoms with E-state index in [0.717, 1.165) is 5.56 Å². The van der Waals surface area contributed by atoms with Crippen LogP contribution in [0.1, 0.15) is 11.4 Å². The van der Waals surface area contributed by atoms with Crippen molar-refractivity contribution in [2.45, 2.75) is 12.6 Å². The molecule has 0 bridgehead atoms. The molecule has 8 heteroatoms. The first kappa shape index (κ1) is 18.8. The molecular weight excluding hydrogens is 359 g/mol. The number of nitrogens with zero attached hydrogens (tertiary/aromatic N) is 2. The van der Waals surface area contributed by atoms with Crippen molar-refractivity contribution in [1.29, 1.82) is 0 Å². The van der Waals surface area contributed by atoms with Crippen LogP contribution in [-0.2, 0) is 12.6 Å². The second-order valence-electron chi connectivity index (χ2n) is 5.78. The van der Waals surface area contributed by atoms with Crippen molar-refractivity contribution in [3.63, 3.8) is 0 Å². The number of halogens is 3. The van der Waals surface area contributed by atoms with Gasteiger partial charge in [0.15, 0.2) is 11.5 Å². The highest BCUT2D eigenvalue weighted by atomic mass is 19.4. The molecule has 0 aliphatic heterocycles. The number of aromatic nitrogens is 2. The number of fused-ring (bicyclic) bond motifs is 1. The van der Waals surface area contributed by atoms with Crippen LogP contribution in [0.5, 0.6) is 11.5 Å². The maximum Gasteiger partial charge on any atom is 0.451 e. The van der Waals surface area contributed by atoms with Gasteiger partial charge in [0.2, 0.25) is 5.82 Å². The van der Waals surface area contributed by atoms with E-state index in [1.807, 2.05) is 30.3 Å². The minimum absolute atomic E-state index is 0.101. The van der Waals surface area contributed by atoms with Crippen molar-refractivity contribution in [3.05, 3.63) is 53.9 Å². The first-order valence-corrected chi connectivity index (χ1v) is 8.21. The van der Waals surface area contributed by atoms with Crippen LogP contribution < -0.4 is 14.8 Å². The van der Waals surface area contributed by atoms with Crippen LogP contribution in [0.25, 0.3) is 10.9 Å². The maximum absolute atomic E-state index is 13.2. The molecule has 0 atom stereocenters. The number of nitrogens with one attached hydrogen (secondary N) is 1. The van der Waals surface area contributed by atoms with Gasteiger partial charge in [-0.1, -0.05) is 30.3 Å². The van der Waals surface area contributed by atoms with Gasteiger partial charge in [-0.25, -0.2) is 9.97 Å². The number of alkyl halides is 3. The summed E-state index contributed by atoms with van der Waals surface area (Å²) in [4.78, 5) is 7.34. The zero-order valence-electron chi connectivity index (χ0n) is 14.8. The van der Waals surface area contributed by atoms with Gasteiger partial charge in [-0.05, 0) is 18.1 Å². The van der Waals surface area contributed by atoms with E-state index in [2.05, 4.69) is 15.3 Å². The number of anilines is 1. The first-order valence-electron chi connectivity index (χ1n) is 8.21.